The van der Waals surface area contributed by atoms with Crippen molar-refractivity contribution in [2.24, 2.45) is 0 Å². The maximum absolute atomic E-state index is 11.1. The minimum atomic E-state index is -1.69. The first-order valence-electron chi connectivity index (χ1n) is 5.69. The van der Waals surface area contributed by atoms with Gasteiger partial charge >= 0.3 is 5.97 Å². The van der Waals surface area contributed by atoms with E-state index < -0.39 is 18.2 Å². The Kier molecular flexibility index (Phi) is 5.58. The average molecular weight is 277 g/mol. The van der Waals surface area contributed by atoms with Crippen molar-refractivity contribution in [3.63, 3.8) is 0 Å². The van der Waals surface area contributed by atoms with Crippen LogP contribution in [-0.2, 0) is 16.0 Å². The molecule has 0 saturated carbocycles. The molecule has 2 atom stereocenters. The number of aromatic nitrogens is 2. The van der Waals surface area contributed by atoms with E-state index in [1.807, 2.05) is 6.92 Å². The summed E-state index contributed by atoms with van der Waals surface area (Å²) in [5.41, 5.74) is 0.126. The number of hydrogen-bond donors (Lipinski definition) is 3. The van der Waals surface area contributed by atoms with Crippen molar-refractivity contribution in [1.29, 1.82) is 0 Å². The zero-order valence-corrected chi connectivity index (χ0v) is 11.1. The van der Waals surface area contributed by atoms with Gasteiger partial charge in [-0.25, -0.2) is 9.78 Å². The molecule has 0 aliphatic heterocycles. The molecule has 0 bridgehead atoms. The molecular formula is C11H17ClN2O4. The highest BCUT2D eigenvalue weighted by Crippen LogP contribution is 2.24. The molecule has 2 unspecified atom stereocenters. The van der Waals surface area contributed by atoms with E-state index in [1.54, 1.807) is 0 Å². The highest BCUT2D eigenvalue weighted by molar-refractivity contribution is 6.30. The van der Waals surface area contributed by atoms with E-state index in [0.29, 0.717) is 12.2 Å². The third kappa shape index (κ3) is 3.44. The van der Waals surface area contributed by atoms with Gasteiger partial charge in [-0.1, -0.05) is 24.9 Å². The number of H-pyrrole nitrogens is 1. The fourth-order valence-corrected chi connectivity index (χ4v) is 1.74. The van der Waals surface area contributed by atoms with Crippen LogP contribution in [0.5, 0.6) is 0 Å². The summed E-state index contributed by atoms with van der Waals surface area (Å²) >= 11 is 5.85. The van der Waals surface area contributed by atoms with Crippen LogP contribution in [-0.4, -0.2) is 39.4 Å². The summed E-state index contributed by atoms with van der Waals surface area (Å²) in [5, 5.41) is 19.4. The quantitative estimate of drug-likeness (QED) is 0.673. The summed E-state index contributed by atoms with van der Waals surface area (Å²) in [7, 11) is 1.12. The molecule has 1 aromatic heterocycles. The first kappa shape index (κ1) is 14.9. The number of aromatic amines is 1. The fourth-order valence-electron chi connectivity index (χ4n) is 1.48. The van der Waals surface area contributed by atoms with Crippen LogP contribution in [0.2, 0.25) is 5.15 Å². The van der Waals surface area contributed by atoms with Crippen molar-refractivity contribution in [3.05, 3.63) is 16.7 Å². The van der Waals surface area contributed by atoms with E-state index >= 15 is 0 Å². The van der Waals surface area contributed by atoms with Crippen LogP contribution in [0.3, 0.4) is 0 Å². The van der Waals surface area contributed by atoms with E-state index in [2.05, 4.69) is 14.7 Å². The van der Waals surface area contributed by atoms with Crippen LogP contribution in [0.4, 0.5) is 0 Å². The van der Waals surface area contributed by atoms with E-state index in [-0.39, 0.29) is 10.8 Å². The molecular weight excluding hydrogens is 260 g/mol. The first-order valence-corrected chi connectivity index (χ1v) is 6.07. The number of imidazole rings is 1. The summed E-state index contributed by atoms with van der Waals surface area (Å²) in [6, 6.07) is 0. The molecule has 0 fully saturated rings. The van der Waals surface area contributed by atoms with E-state index in [4.69, 9.17) is 11.6 Å². The van der Waals surface area contributed by atoms with E-state index in [9.17, 15) is 15.0 Å². The van der Waals surface area contributed by atoms with Gasteiger partial charge in [-0.15, -0.1) is 0 Å². The molecule has 1 aromatic rings. The molecule has 6 nitrogen and oxygen atoms in total. The highest BCUT2D eigenvalue weighted by Gasteiger charge is 2.30. The first-order chi connectivity index (χ1) is 8.51. The molecule has 0 aliphatic rings. The molecule has 0 aliphatic carbocycles. The normalized spacial score (nSPS) is 14.3. The number of aryl methyl sites for hydroxylation is 1. The molecule has 0 saturated heterocycles. The van der Waals surface area contributed by atoms with Gasteiger partial charge in [0.1, 0.15) is 11.9 Å². The maximum atomic E-state index is 11.1. The lowest BCUT2D eigenvalue weighted by molar-refractivity contribution is -0.157. The fraction of sp³-hybridized carbons (Fsp3) is 0.636. The van der Waals surface area contributed by atoms with Crippen LogP contribution >= 0.6 is 11.6 Å². The zero-order valence-electron chi connectivity index (χ0n) is 10.3. The predicted molar refractivity (Wildman–Crippen MR) is 65.2 cm³/mol. The van der Waals surface area contributed by atoms with Gasteiger partial charge in [-0.2, -0.15) is 0 Å². The molecule has 1 rings (SSSR count). The Hall–Kier alpha value is -1.11. The summed E-state index contributed by atoms with van der Waals surface area (Å²) in [4.78, 5) is 17.9. The second kappa shape index (κ2) is 6.72. The molecule has 7 heteroatoms. The third-order valence-corrected chi connectivity index (χ3v) is 2.83. The second-order valence-electron chi connectivity index (χ2n) is 3.90. The average Bonchev–Trinajstić information content (AvgIpc) is 2.74. The summed E-state index contributed by atoms with van der Waals surface area (Å²) in [6.45, 7) is 2.04. The lowest BCUT2D eigenvalue weighted by atomic mass is 10.1. The lowest BCUT2D eigenvalue weighted by Gasteiger charge is -2.14. The number of nitrogens with zero attached hydrogens (tertiary/aromatic N) is 1. The Bertz CT molecular complexity index is 408. The van der Waals surface area contributed by atoms with Gasteiger partial charge in [-0.05, 0) is 6.42 Å². The van der Waals surface area contributed by atoms with Crippen molar-refractivity contribution >= 4 is 17.6 Å². The molecule has 18 heavy (non-hydrogen) atoms. The van der Waals surface area contributed by atoms with Gasteiger partial charge in [0.15, 0.2) is 11.3 Å². The number of aliphatic hydroxyl groups excluding tert-OH is 2. The summed E-state index contributed by atoms with van der Waals surface area (Å²) in [5.74, 6) is -0.309. The number of unbranched alkanes of at least 4 members (excludes halogenated alkanes) is 1. The topological polar surface area (TPSA) is 95.4 Å². The van der Waals surface area contributed by atoms with Crippen molar-refractivity contribution in [1.82, 2.24) is 9.97 Å². The number of carbonyl (C=O) groups is 1. The van der Waals surface area contributed by atoms with Gasteiger partial charge in [0.25, 0.3) is 0 Å². The predicted octanol–water partition coefficient (Wildman–Crippen LogP) is 0.973. The van der Waals surface area contributed by atoms with Crippen molar-refractivity contribution < 1.29 is 19.7 Å². The minimum Gasteiger partial charge on any atom is -0.467 e. The number of ether oxygens (including phenoxy) is 1. The number of nitrogens with one attached hydrogen (secondary N) is 1. The molecule has 0 aromatic carbocycles. The smallest absolute Gasteiger partial charge is 0.337 e. The Morgan fingerprint density at radius 3 is 2.78 bits per heavy atom. The molecule has 102 valence electrons. The molecule has 0 amide bonds. The number of methoxy groups -OCH3 is 1. The Morgan fingerprint density at radius 1 is 1.56 bits per heavy atom. The number of rotatable bonds is 6. The number of esters is 1. The Morgan fingerprint density at radius 2 is 2.22 bits per heavy atom. The largest absolute Gasteiger partial charge is 0.467 e. The van der Waals surface area contributed by atoms with E-state index in [0.717, 1.165) is 20.0 Å². The molecule has 3 N–H and O–H groups in total. The molecule has 1 heterocycles. The lowest BCUT2D eigenvalue weighted by Crippen LogP contribution is -2.29. The number of hydrogen-bond acceptors (Lipinski definition) is 5. The van der Waals surface area contributed by atoms with Gasteiger partial charge in [0.05, 0.1) is 12.8 Å². The van der Waals surface area contributed by atoms with E-state index in [1.165, 1.54) is 0 Å². The van der Waals surface area contributed by atoms with Crippen molar-refractivity contribution in [3.8, 4) is 0 Å². The third-order valence-electron chi connectivity index (χ3n) is 2.54. The van der Waals surface area contributed by atoms with Crippen LogP contribution < -0.4 is 0 Å². The van der Waals surface area contributed by atoms with Crippen LogP contribution in [0.15, 0.2) is 0 Å². The van der Waals surface area contributed by atoms with Crippen LogP contribution in [0.1, 0.15) is 37.4 Å². The van der Waals surface area contributed by atoms with Crippen molar-refractivity contribution in [2.75, 3.05) is 7.11 Å². The minimum absolute atomic E-state index is 0.0524. The van der Waals surface area contributed by atoms with Gasteiger partial charge < -0.3 is 19.9 Å². The number of carbonyl (C=O) groups excluding carboxylic acids is 1. The Labute approximate surface area is 110 Å². The number of aliphatic hydroxyl groups is 2. The molecule has 0 radical (unpaired) electrons. The summed E-state index contributed by atoms with van der Waals surface area (Å²) < 4.78 is 4.34. The molecule has 0 spiro atoms. The summed E-state index contributed by atoms with van der Waals surface area (Å²) in [6.07, 6.45) is -0.545. The number of halogens is 1. The maximum Gasteiger partial charge on any atom is 0.337 e. The Balaban J connectivity index is 2.82. The second-order valence-corrected chi connectivity index (χ2v) is 4.26. The SMILES string of the molecule is CCCCc1nc(Cl)c(C(O)C(O)C(=O)OC)[nH]1. The van der Waals surface area contributed by atoms with Gasteiger partial charge in [0.2, 0.25) is 0 Å². The standard InChI is InChI=1S/C11H17ClN2O4/c1-3-4-5-6-13-7(10(12)14-6)8(15)9(16)11(17)18-2/h8-9,15-16H,3-5H2,1-2H3,(H,13,14). The van der Waals surface area contributed by atoms with Crippen molar-refractivity contribution in [2.45, 2.75) is 38.4 Å². The zero-order chi connectivity index (χ0) is 13.7. The monoisotopic (exact) mass is 276 g/mol. The van der Waals surface area contributed by atoms with Gasteiger partial charge in [0, 0.05) is 6.42 Å². The van der Waals surface area contributed by atoms with Gasteiger partial charge in [-0.3, -0.25) is 0 Å². The van der Waals surface area contributed by atoms with Crippen LogP contribution in [0.25, 0.3) is 0 Å². The highest BCUT2D eigenvalue weighted by atomic mass is 35.5. The van der Waals surface area contributed by atoms with Crippen LogP contribution in [0, 0.1) is 0 Å².